The number of hydrogen-bond donors (Lipinski definition) is 1. The molecule has 0 unspecified atom stereocenters. The molecule has 0 saturated carbocycles. The SMILES string of the molecule is CCCCCC(=O)Nc1ccc2oc(Cc3ccccc3)nc2c1. The van der Waals surface area contributed by atoms with Crippen molar-refractivity contribution < 1.29 is 9.21 Å². The van der Waals surface area contributed by atoms with Crippen LogP contribution >= 0.6 is 0 Å². The summed E-state index contributed by atoms with van der Waals surface area (Å²) in [5, 5.41) is 2.93. The highest BCUT2D eigenvalue weighted by Gasteiger charge is 2.09. The highest BCUT2D eigenvalue weighted by atomic mass is 16.3. The highest BCUT2D eigenvalue weighted by molar-refractivity contribution is 5.92. The Kier molecular flexibility index (Phi) is 5.26. The third-order valence-electron chi connectivity index (χ3n) is 3.92. The zero-order valence-electron chi connectivity index (χ0n) is 13.9. The number of hydrogen-bond acceptors (Lipinski definition) is 3. The van der Waals surface area contributed by atoms with Gasteiger partial charge in [0.1, 0.15) is 5.52 Å². The summed E-state index contributed by atoms with van der Waals surface area (Å²) in [6.45, 7) is 2.13. The maximum Gasteiger partial charge on any atom is 0.224 e. The van der Waals surface area contributed by atoms with Gasteiger partial charge in [-0.25, -0.2) is 4.98 Å². The van der Waals surface area contributed by atoms with E-state index in [-0.39, 0.29) is 5.91 Å². The summed E-state index contributed by atoms with van der Waals surface area (Å²) in [6.07, 6.45) is 4.34. The van der Waals surface area contributed by atoms with E-state index in [0.29, 0.717) is 18.7 Å². The molecule has 3 aromatic rings. The standard InChI is InChI=1S/C20H22N2O2/c1-2-3-5-10-19(23)21-16-11-12-18-17(14-16)22-20(24-18)13-15-8-6-4-7-9-15/h4,6-9,11-12,14H,2-3,5,10,13H2,1H3,(H,21,23). The molecule has 0 aliphatic carbocycles. The van der Waals surface area contributed by atoms with Gasteiger partial charge in [0.15, 0.2) is 11.5 Å². The molecular weight excluding hydrogens is 300 g/mol. The fourth-order valence-corrected chi connectivity index (χ4v) is 2.66. The van der Waals surface area contributed by atoms with Crippen molar-refractivity contribution in [1.82, 2.24) is 4.98 Å². The number of nitrogens with zero attached hydrogens (tertiary/aromatic N) is 1. The van der Waals surface area contributed by atoms with Gasteiger partial charge in [-0.1, -0.05) is 50.1 Å². The van der Waals surface area contributed by atoms with E-state index in [2.05, 4.69) is 29.4 Å². The van der Waals surface area contributed by atoms with E-state index in [4.69, 9.17) is 4.42 Å². The van der Waals surface area contributed by atoms with Crippen LogP contribution in [0.1, 0.15) is 44.1 Å². The average molecular weight is 322 g/mol. The van der Waals surface area contributed by atoms with Gasteiger partial charge in [-0.2, -0.15) is 0 Å². The summed E-state index contributed by atoms with van der Waals surface area (Å²) in [6, 6.07) is 15.7. The molecule has 1 amide bonds. The maximum absolute atomic E-state index is 11.9. The van der Waals surface area contributed by atoms with Gasteiger partial charge in [-0.3, -0.25) is 4.79 Å². The lowest BCUT2D eigenvalue weighted by Crippen LogP contribution is -2.10. The van der Waals surface area contributed by atoms with Crippen LogP contribution in [0, 0.1) is 0 Å². The molecule has 0 radical (unpaired) electrons. The molecule has 0 fully saturated rings. The zero-order valence-corrected chi connectivity index (χ0v) is 13.9. The van der Waals surface area contributed by atoms with E-state index in [1.54, 1.807) is 0 Å². The van der Waals surface area contributed by atoms with Crippen LogP contribution in [0.25, 0.3) is 11.1 Å². The second-order valence-electron chi connectivity index (χ2n) is 5.96. The molecule has 0 atom stereocenters. The smallest absolute Gasteiger partial charge is 0.224 e. The molecule has 0 spiro atoms. The maximum atomic E-state index is 11.9. The Bertz CT molecular complexity index is 809. The summed E-state index contributed by atoms with van der Waals surface area (Å²) in [5.74, 6) is 0.735. The first-order valence-electron chi connectivity index (χ1n) is 8.48. The van der Waals surface area contributed by atoms with Crippen LogP contribution in [0.4, 0.5) is 5.69 Å². The number of fused-ring (bicyclic) bond motifs is 1. The minimum absolute atomic E-state index is 0.0517. The van der Waals surface area contributed by atoms with E-state index in [9.17, 15) is 4.79 Å². The minimum atomic E-state index is 0.0517. The lowest BCUT2D eigenvalue weighted by atomic mass is 10.1. The van der Waals surface area contributed by atoms with Gasteiger partial charge in [0.25, 0.3) is 0 Å². The fraction of sp³-hybridized carbons (Fsp3) is 0.300. The predicted molar refractivity (Wildman–Crippen MR) is 96.0 cm³/mol. The van der Waals surface area contributed by atoms with Crippen molar-refractivity contribution in [1.29, 1.82) is 0 Å². The Morgan fingerprint density at radius 3 is 2.75 bits per heavy atom. The van der Waals surface area contributed by atoms with Gasteiger partial charge in [-0.15, -0.1) is 0 Å². The Labute approximate surface area is 141 Å². The molecule has 124 valence electrons. The molecule has 3 rings (SSSR count). The monoisotopic (exact) mass is 322 g/mol. The number of nitrogens with one attached hydrogen (secondary N) is 1. The Hall–Kier alpha value is -2.62. The van der Waals surface area contributed by atoms with Crippen LogP contribution in [0.2, 0.25) is 0 Å². The Balaban J connectivity index is 1.68. The summed E-state index contributed by atoms with van der Waals surface area (Å²) < 4.78 is 5.79. The number of unbranched alkanes of at least 4 members (excludes halogenated alkanes) is 2. The van der Waals surface area contributed by atoms with Crippen molar-refractivity contribution in [3.05, 3.63) is 60.0 Å². The first-order valence-corrected chi connectivity index (χ1v) is 8.48. The number of oxazole rings is 1. The topological polar surface area (TPSA) is 55.1 Å². The van der Waals surface area contributed by atoms with Crippen molar-refractivity contribution in [2.24, 2.45) is 0 Å². The van der Waals surface area contributed by atoms with Gasteiger partial charge in [0.05, 0.1) is 0 Å². The van der Waals surface area contributed by atoms with E-state index in [0.717, 1.165) is 41.6 Å². The quantitative estimate of drug-likeness (QED) is 0.627. The molecule has 0 aliphatic heterocycles. The number of carbonyl (C=O) groups excluding carboxylic acids is 1. The molecule has 1 aromatic heterocycles. The minimum Gasteiger partial charge on any atom is -0.440 e. The fourth-order valence-electron chi connectivity index (χ4n) is 2.66. The van der Waals surface area contributed by atoms with Gasteiger partial charge >= 0.3 is 0 Å². The molecule has 0 bridgehead atoms. The van der Waals surface area contributed by atoms with Gasteiger partial charge < -0.3 is 9.73 Å². The molecule has 0 saturated heterocycles. The van der Waals surface area contributed by atoms with Crippen LogP contribution in [-0.4, -0.2) is 10.9 Å². The molecule has 1 N–H and O–H groups in total. The molecule has 1 heterocycles. The third kappa shape index (κ3) is 4.22. The molecule has 0 aliphatic rings. The van der Waals surface area contributed by atoms with Gasteiger partial charge in [0.2, 0.25) is 5.91 Å². The number of rotatable bonds is 7. The summed E-state index contributed by atoms with van der Waals surface area (Å²) >= 11 is 0. The number of anilines is 1. The molecule has 24 heavy (non-hydrogen) atoms. The Morgan fingerprint density at radius 1 is 1.12 bits per heavy atom. The Morgan fingerprint density at radius 2 is 1.96 bits per heavy atom. The first kappa shape index (κ1) is 16.2. The number of benzene rings is 2. The first-order chi connectivity index (χ1) is 11.7. The molecular formula is C20H22N2O2. The van der Waals surface area contributed by atoms with E-state index >= 15 is 0 Å². The van der Waals surface area contributed by atoms with Crippen LogP contribution in [0.15, 0.2) is 52.9 Å². The lowest BCUT2D eigenvalue weighted by molar-refractivity contribution is -0.116. The summed E-state index contributed by atoms with van der Waals surface area (Å²) in [4.78, 5) is 16.4. The van der Waals surface area contributed by atoms with Crippen molar-refractivity contribution in [2.75, 3.05) is 5.32 Å². The average Bonchev–Trinajstić information content (AvgIpc) is 2.97. The van der Waals surface area contributed by atoms with E-state index in [1.807, 2.05) is 36.4 Å². The highest BCUT2D eigenvalue weighted by Crippen LogP contribution is 2.21. The van der Waals surface area contributed by atoms with Crippen molar-refractivity contribution in [3.8, 4) is 0 Å². The summed E-state index contributed by atoms with van der Waals surface area (Å²) in [5.41, 5.74) is 3.44. The molecule has 4 nitrogen and oxygen atoms in total. The van der Waals surface area contributed by atoms with Crippen molar-refractivity contribution in [2.45, 2.75) is 39.0 Å². The van der Waals surface area contributed by atoms with Gasteiger partial charge in [-0.05, 0) is 30.2 Å². The van der Waals surface area contributed by atoms with Gasteiger partial charge in [0, 0.05) is 18.5 Å². The molecule has 2 aromatic carbocycles. The van der Waals surface area contributed by atoms with Crippen molar-refractivity contribution in [3.63, 3.8) is 0 Å². The second-order valence-corrected chi connectivity index (χ2v) is 5.96. The van der Waals surface area contributed by atoms with Crippen LogP contribution in [0.5, 0.6) is 0 Å². The number of aromatic nitrogens is 1. The largest absolute Gasteiger partial charge is 0.440 e. The van der Waals surface area contributed by atoms with E-state index < -0.39 is 0 Å². The van der Waals surface area contributed by atoms with Crippen LogP contribution in [-0.2, 0) is 11.2 Å². The predicted octanol–water partition coefficient (Wildman–Crippen LogP) is 4.94. The zero-order chi connectivity index (χ0) is 16.8. The van der Waals surface area contributed by atoms with Crippen LogP contribution < -0.4 is 5.32 Å². The van der Waals surface area contributed by atoms with Crippen molar-refractivity contribution >= 4 is 22.7 Å². The third-order valence-corrected chi connectivity index (χ3v) is 3.92. The number of carbonyl (C=O) groups is 1. The molecule has 4 heteroatoms. The van der Waals surface area contributed by atoms with Crippen LogP contribution in [0.3, 0.4) is 0 Å². The second kappa shape index (κ2) is 7.77. The normalized spacial score (nSPS) is 10.9. The lowest BCUT2D eigenvalue weighted by Gasteiger charge is -2.04. The number of amides is 1. The van der Waals surface area contributed by atoms with E-state index in [1.165, 1.54) is 0 Å². The summed E-state index contributed by atoms with van der Waals surface area (Å²) in [7, 11) is 0.